The van der Waals surface area contributed by atoms with Crippen molar-refractivity contribution in [1.29, 1.82) is 0 Å². The zero-order chi connectivity index (χ0) is 19.7. The topological polar surface area (TPSA) is 76.4 Å². The predicted molar refractivity (Wildman–Crippen MR) is 94.5 cm³/mol. The van der Waals surface area contributed by atoms with Crippen LogP contribution in [0.1, 0.15) is 12.5 Å². The molecule has 0 aliphatic heterocycles. The Hall–Kier alpha value is -2.21. The third-order valence-electron chi connectivity index (χ3n) is 3.07. The van der Waals surface area contributed by atoms with Crippen LogP contribution in [0, 0.1) is 0 Å². The molecular formula is C14H16F5N3O2S2. The first kappa shape index (κ1) is 20.1. The highest BCUT2D eigenvalue weighted by molar-refractivity contribution is 8.46. The smallest absolute Gasteiger partial charge is 0.411 e. The number of amides is 1. The molecule has 0 fully saturated rings. The number of carbonyl (C=O) groups excluding carboxylic acids is 1. The summed E-state index contributed by atoms with van der Waals surface area (Å²) in [5.41, 5.74) is 6.78. The summed E-state index contributed by atoms with van der Waals surface area (Å²) in [5.74, 6) is 0. The molecule has 0 aliphatic carbocycles. The van der Waals surface area contributed by atoms with Gasteiger partial charge >= 0.3 is 16.3 Å². The molecule has 0 unspecified atom stereocenters. The van der Waals surface area contributed by atoms with E-state index in [1.54, 1.807) is 6.92 Å². The summed E-state index contributed by atoms with van der Waals surface area (Å²) in [6, 6.07) is 4.87. The summed E-state index contributed by atoms with van der Waals surface area (Å²) in [6.45, 7) is 1.73. The lowest BCUT2D eigenvalue weighted by Crippen LogP contribution is -2.14. The van der Waals surface area contributed by atoms with Gasteiger partial charge in [0.15, 0.2) is 4.21 Å². The summed E-state index contributed by atoms with van der Waals surface area (Å²) in [6.07, 6.45) is -0.679. The maximum Gasteiger partial charge on any atom is 0.411 e. The third kappa shape index (κ3) is 5.39. The molecule has 1 aromatic carbocycles. The first-order valence-corrected chi connectivity index (χ1v) is 10.0. The molecule has 0 atom stereocenters. The van der Waals surface area contributed by atoms with Gasteiger partial charge in [-0.3, -0.25) is 5.32 Å². The van der Waals surface area contributed by atoms with Crippen LogP contribution in [0.25, 0.3) is 0 Å². The largest absolute Gasteiger partial charge is 0.450 e. The molecule has 0 aliphatic rings. The van der Waals surface area contributed by atoms with Gasteiger partial charge in [-0.2, -0.15) is 0 Å². The summed E-state index contributed by atoms with van der Waals surface area (Å²) >= 11 is -0.0423. The molecule has 1 amide bonds. The molecule has 2 rings (SSSR count). The molecule has 12 heteroatoms. The van der Waals surface area contributed by atoms with Crippen molar-refractivity contribution in [2.45, 2.75) is 17.7 Å². The van der Waals surface area contributed by atoms with Gasteiger partial charge in [0.2, 0.25) is 0 Å². The van der Waals surface area contributed by atoms with Crippen molar-refractivity contribution in [2.75, 3.05) is 23.0 Å². The minimum atomic E-state index is -9.65. The van der Waals surface area contributed by atoms with Gasteiger partial charge in [-0.15, -0.1) is 11.3 Å². The minimum Gasteiger partial charge on any atom is -0.450 e. The lowest BCUT2D eigenvalue weighted by Gasteiger charge is -2.38. The van der Waals surface area contributed by atoms with Crippen molar-refractivity contribution in [1.82, 2.24) is 0 Å². The molecule has 0 saturated heterocycles. The van der Waals surface area contributed by atoms with Crippen molar-refractivity contribution in [2.24, 2.45) is 0 Å². The number of hydrogen-bond acceptors (Lipinski definition) is 5. The number of rotatable bonds is 6. The van der Waals surface area contributed by atoms with Crippen LogP contribution in [0.15, 0.2) is 33.9 Å². The number of hydrogen-bond donors (Lipinski definition) is 3. The zero-order valence-electron chi connectivity index (χ0n) is 13.4. The molecule has 2 aromatic rings. The van der Waals surface area contributed by atoms with Crippen LogP contribution in [0.4, 0.5) is 41.3 Å². The van der Waals surface area contributed by atoms with Gasteiger partial charge in [0.05, 0.1) is 18.0 Å². The predicted octanol–water partition coefficient (Wildman–Crippen LogP) is 6.17. The van der Waals surface area contributed by atoms with Gasteiger partial charge in [-0.05, 0) is 42.1 Å². The maximum absolute atomic E-state index is 12.7. The number of halogens is 5. The number of ether oxygens (including phenoxy) is 1. The monoisotopic (exact) mass is 417 g/mol. The van der Waals surface area contributed by atoms with Crippen LogP contribution in [-0.4, -0.2) is 12.7 Å². The normalized spacial score (nSPS) is 14.2. The Kier molecular flexibility index (Phi) is 4.79. The van der Waals surface area contributed by atoms with Crippen LogP contribution in [0.5, 0.6) is 0 Å². The molecular weight excluding hydrogens is 401 g/mol. The van der Waals surface area contributed by atoms with Crippen molar-refractivity contribution in [3.8, 4) is 0 Å². The Morgan fingerprint density at radius 2 is 1.92 bits per heavy atom. The average molecular weight is 417 g/mol. The van der Waals surface area contributed by atoms with E-state index in [0.717, 1.165) is 5.38 Å². The summed E-state index contributed by atoms with van der Waals surface area (Å²) < 4.78 is 66.4. The van der Waals surface area contributed by atoms with Crippen molar-refractivity contribution in [3.05, 3.63) is 35.2 Å². The van der Waals surface area contributed by atoms with Crippen LogP contribution in [0.3, 0.4) is 0 Å². The molecule has 5 nitrogen and oxygen atoms in total. The molecule has 4 N–H and O–H groups in total. The quantitative estimate of drug-likeness (QED) is 0.388. The number of benzene rings is 1. The molecule has 146 valence electrons. The standard InChI is InChI=1S/C14H16F5N3O2S2/c1-2-24-14(23)22-12-4-3-10(6-11(12)20)21-7-9-5-13(25-8-9)26(15,16,17,18)19/h3-6,8,21H,2,7,20H2,1H3,(H,22,23). The molecule has 0 saturated carbocycles. The summed E-state index contributed by atoms with van der Waals surface area (Å²) in [7, 11) is -9.65. The lowest BCUT2D eigenvalue weighted by atomic mass is 10.2. The molecule has 26 heavy (non-hydrogen) atoms. The minimum absolute atomic E-state index is 0.0423. The Morgan fingerprint density at radius 3 is 2.46 bits per heavy atom. The van der Waals surface area contributed by atoms with Gasteiger partial charge in [0.25, 0.3) is 0 Å². The fourth-order valence-electron chi connectivity index (χ4n) is 1.92. The highest BCUT2D eigenvalue weighted by atomic mass is 32.5. The summed E-state index contributed by atoms with van der Waals surface area (Å²) in [4.78, 5) is 11.3. The number of thiophene rings is 1. The van der Waals surface area contributed by atoms with E-state index in [1.807, 2.05) is 0 Å². The van der Waals surface area contributed by atoms with E-state index in [-0.39, 0.29) is 35.7 Å². The lowest BCUT2D eigenvalue weighted by molar-refractivity contribution is 0.168. The number of nitrogens with two attached hydrogens (primary N) is 1. The van der Waals surface area contributed by atoms with Gasteiger partial charge < -0.3 is 15.8 Å². The number of anilines is 3. The van der Waals surface area contributed by atoms with E-state index >= 15 is 0 Å². The third-order valence-corrected chi connectivity index (χ3v) is 5.95. The molecule has 1 aromatic heterocycles. The van der Waals surface area contributed by atoms with E-state index in [2.05, 4.69) is 10.6 Å². The van der Waals surface area contributed by atoms with Crippen LogP contribution in [-0.2, 0) is 11.3 Å². The van der Waals surface area contributed by atoms with E-state index in [0.29, 0.717) is 17.4 Å². The zero-order valence-corrected chi connectivity index (χ0v) is 15.0. The van der Waals surface area contributed by atoms with E-state index < -0.39 is 20.5 Å². The van der Waals surface area contributed by atoms with Gasteiger partial charge in [-0.25, -0.2) is 4.79 Å². The second kappa shape index (κ2) is 6.20. The van der Waals surface area contributed by atoms with Crippen LogP contribution >= 0.6 is 21.6 Å². The summed E-state index contributed by atoms with van der Waals surface area (Å²) in [5, 5.41) is 6.22. The SMILES string of the molecule is CCOC(=O)Nc1ccc(NCc2csc(S(F)(F)(F)(F)F)c2)cc1N. The average Bonchev–Trinajstić information content (AvgIpc) is 2.96. The van der Waals surface area contributed by atoms with Crippen LogP contribution in [0.2, 0.25) is 0 Å². The number of nitrogens with one attached hydrogen (secondary N) is 2. The fourth-order valence-corrected chi connectivity index (χ4v) is 3.80. The second-order valence-corrected chi connectivity index (χ2v) is 8.79. The highest BCUT2D eigenvalue weighted by Gasteiger charge is 2.66. The Labute approximate surface area is 150 Å². The maximum atomic E-state index is 12.7. The van der Waals surface area contributed by atoms with E-state index in [1.165, 1.54) is 18.2 Å². The van der Waals surface area contributed by atoms with Gasteiger partial charge in [0, 0.05) is 12.2 Å². The first-order valence-electron chi connectivity index (χ1n) is 7.17. The van der Waals surface area contributed by atoms with Gasteiger partial charge in [0.1, 0.15) is 0 Å². The Balaban J connectivity index is 2.04. The van der Waals surface area contributed by atoms with Crippen molar-refractivity contribution < 1.29 is 29.0 Å². The number of carbonyl (C=O) groups is 1. The highest BCUT2D eigenvalue weighted by Crippen LogP contribution is 3.02. The number of nitrogen functional groups attached to an aromatic ring is 1. The molecule has 1 heterocycles. The Bertz CT molecular complexity index is 824. The Morgan fingerprint density at radius 1 is 1.23 bits per heavy atom. The molecule has 0 spiro atoms. The van der Waals surface area contributed by atoms with Crippen LogP contribution < -0.4 is 16.4 Å². The van der Waals surface area contributed by atoms with Crippen molar-refractivity contribution >= 4 is 44.7 Å². The van der Waals surface area contributed by atoms with E-state index in [4.69, 9.17) is 10.5 Å². The van der Waals surface area contributed by atoms with E-state index in [9.17, 15) is 24.2 Å². The van der Waals surface area contributed by atoms with Crippen molar-refractivity contribution in [3.63, 3.8) is 0 Å². The van der Waals surface area contributed by atoms with Gasteiger partial charge in [-0.1, -0.05) is 19.4 Å². The molecule has 0 radical (unpaired) electrons. The second-order valence-electron chi connectivity index (χ2n) is 5.24. The first-order chi connectivity index (χ1) is 11.8. The molecule has 0 bridgehead atoms. The fraction of sp³-hybridized carbons (Fsp3) is 0.214.